The first-order valence-corrected chi connectivity index (χ1v) is 7.17. The Labute approximate surface area is 127 Å². The quantitative estimate of drug-likeness (QED) is 0.943. The minimum absolute atomic E-state index is 0.135. The molecule has 1 aliphatic rings. The minimum atomic E-state index is -0.649. The highest BCUT2D eigenvalue weighted by atomic mass is 19.1. The Morgan fingerprint density at radius 1 is 1.23 bits per heavy atom. The lowest BCUT2D eigenvalue weighted by molar-refractivity contribution is -0.117. The molecule has 2 aromatic carbocycles. The molecule has 114 valence electrons. The van der Waals surface area contributed by atoms with Crippen LogP contribution in [0.4, 0.5) is 20.2 Å². The van der Waals surface area contributed by atoms with Crippen LogP contribution in [0.2, 0.25) is 0 Å². The number of hydrogen-bond acceptors (Lipinski definition) is 2. The highest BCUT2D eigenvalue weighted by Gasteiger charge is 2.27. The lowest BCUT2D eigenvalue weighted by Gasteiger charge is -2.26. The van der Waals surface area contributed by atoms with Crippen LogP contribution in [0.3, 0.4) is 0 Å². The van der Waals surface area contributed by atoms with Crippen molar-refractivity contribution in [2.24, 2.45) is 0 Å². The Hall–Kier alpha value is -2.43. The summed E-state index contributed by atoms with van der Waals surface area (Å²) >= 11 is 0. The summed E-state index contributed by atoms with van der Waals surface area (Å²) in [5.74, 6) is -1.60. The second-order valence-corrected chi connectivity index (χ2v) is 5.36. The van der Waals surface area contributed by atoms with Gasteiger partial charge in [0.2, 0.25) is 5.91 Å². The van der Waals surface area contributed by atoms with Crippen LogP contribution in [0, 0.1) is 11.6 Å². The number of fused-ring (bicyclic) bond motifs is 1. The van der Waals surface area contributed by atoms with E-state index in [1.807, 2.05) is 29.2 Å². The van der Waals surface area contributed by atoms with Gasteiger partial charge in [0.1, 0.15) is 17.7 Å². The maximum absolute atomic E-state index is 13.6. The van der Waals surface area contributed by atoms with E-state index in [0.717, 1.165) is 36.9 Å². The predicted octanol–water partition coefficient (Wildman–Crippen LogP) is 3.35. The number of rotatable bonds is 3. The van der Waals surface area contributed by atoms with Crippen LogP contribution in [0.25, 0.3) is 0 Å². The van der Waals surface area contributed by atoms with Crippen molar-refractivity contribution in [2.75, 3.05) is 16.8 Å². The summed E-state index contributed by atoms with van der Waals surface area (Å²) in [5, 5.41) is 2.46. The Morgan fingerprint density at radius 2 is 2.00 bits per heavy atom. The van der Waals surface area contributed by atoms with Crippen LogP contribution < -0.4 is 10.2 Å². The van der Waals surface area contributed by atoms with Gasteiger partial charge in [-0.15, -0.1) is 0 Å². The molecule has 0 aromatic heterocycles. The normalized spacial score (nSPS) is 14.6. The summed E-state index contributed by atoms with van der Waals surface area (Å²) in [5.41, 5.74) is 2.08. The van der Waals surface area contributed by atoms with Crippen LogP contribution in [-0.2, 0) is 11.2 Å². The molecule has 0 saturated heterocycles. The molecule has 1 amide bonds. The van der Waals surface area contributed by atoms with Gasteiger partial charge in [0, 0.05) is 18.3 Å². The first-order valence-electron chi connectivity index (χ1n) is 7.17. The molecule has 22 heavy (non-hydrogen) atoms. The average Bonchev–Trinajstić information content (AvgIpc) is 2.94. The number of halogens is 2. The SMILES string of the molecule is C[C@@H](C(=O)Nc1cc(F)ccc1F)N1CCc2ccccc21. The highest BCUT2D eigenvalue weighted by molar-refractivity contribution is 5.97. The fraction of sp³-hybridized carbons (Fsp3) is 0.235. The van der Waals surface area contributed by atoms with E-state index in [-0.39, 0.29) is 11.6 Å². The van der Waals surface area contributed by atoms with Crippen molar-refractivity contribution in [1.29, 1.82) is 0 Å². The third kappa shape index (κ3) is 2.66. The zero-order valence-corrected chi connectivity index (χ0v) is 12.1. The van der Waals surface area contributed by atoms with Crippen LogP contribution in [0.5, 0.6) is 0 Å². The number of nitrogens with zero attached hydrogens (tertiary/aromatic N) is 1. The molecule has 1 N–H and O–H groups in total. The van der Waals surface area contributed by atoms with E-state index in [1.54, 1.807) is 6.92 Å². The smallest absolute Gasteiger partial charge is 0.246 e. The minimum Gasteiger partial charge on any atom is -0.359 e. The van der Waals surface area contributed by atoms with Gasteiger partial charge in [0.25, 0.3) is 0 Å². The molecular weight excluding hydrogens is 286 g/mol. The van der Waals surface area contributed by atoms with Gasteiger partial charge in [-0.1, -0.05) is 18.2 Å². The molecule has 0 spiro atoms. The molecule has 0 bridgehead atoms. The van der Waals surface area contributed by atoms with Crippen LogP contribution >= 0.6 is 0 Å². The van der Waals surface area contributed by atoms with Crippen LogP contribution in [0.1, 0.15) is 12.5 Å². The molecule has 0 saturated carbocycles. The lowest BCUT2D eigenvalue weighted by atomic mass is 10.1. The topological polar surface area (TPSA) is 32.3 Å². The molecule has 2 aromatic rings. The van der Waals surface area contributed by atoms with E-state index in [1.165, 1.54) is 5.56 Å². The Balaban J connectivity index is 1.77. The highest BCUT2D eigenvalue weighted by Crippen LogP contribution is 2.29. The largest absolute Gasteiger partial charge is 0.359 e. The van der Waals surface area contributed by atoms with Gasteiger partial charge < -0.3 is 10.2 Å². The van der Waals surface area contributed by atoms with Crippen molar-refractivity contribution in [3.05, 3.63) is 59.7 Å². The molecule has 0 unspecified atom stereocenters. The number of carbonyl (C=O) groups is 1. The first-order chi connectivity index (χ1) is 10.6. The molecule has 1 aliphatic heterocycles. The van der Waals surface area contributed by atoms with Crippen molar-refractivity contribution < 1.29 is 13.6 Å². The molecule has 1 heterocycles. The lowest BCUT2D eigenvalue weighted by Crippen LogP contribution is -2.41. The Kier molecular flexibility index (Phi) is 3.79. The third-order valence-corrected chi connectivity index (χ3v) is 3.96. The molecule has 3 rings (SSSR count). The van der Waals surface area contributed by atoms with E-state index in [9.17, 15) is 13.6 Å². The standard InChI is InChI=1S/C17H16F2N2O/c1-11(21-9-8-12-4-2-3-5-16(12)21)17(22)20-15-10-13(18)6-7-14(15)19/h2-7,10-11H,8-9H2,1H3,(H,20,22)/t11-/m0/s1. The first kappa shape index (κ1) is 14.5. The summed E-state index contributed by atoms with van der Waals surface area (Å²) in [6.07, 6.45) is 0.877. The number of amides is 1. The Morgan fingerprint density at radius 3 is 2.82 bits per heavy atom. The van der Waals surface area contributed by atoms with Gasteiger partial charge in [-0.3, -0.25) is 4.79 Å². The summed E-state index contributed by atoms with van der Waals surface area (Å²) in [7, 11) is 0. The zero-order valence-electron chi connectivity index (χ0n) is 12.1. The zero-order chi connectivity index (χ0) is 15.7. The number of hydrogen-bond donors (Lipinski definition) is 1. The number of para-hydroxylation sites is 1. The van der Waals surface area contributed by atoms with Crippen molar-refractivity contribution >= 4 is 17.3 Å². The summed E-state index contributed by atoms with van der Waals surface area (Å²) in [6, 6.07) is 10.4. The fourth-order valence-electron chi connectivity index (χ4n) is 2.74. The molecule has 0 radical (unpaired) electrons. The molecular formula is C17H16F2N2O. The average molecular weight is 302 g/mol. The van der Waals surface area contributed by atoms with E-state index in [4.69, 9.17) is 0 Å². The van der Waals surface area contributed by atoms with Crippen molar-refractivity contribution in [3.63, 3.8) is 0 Å². The number of carbonyl (C=O) groups excluding carboxylic acids is 1. The van der Waals surface area contributed by atoms with Crippen LogP contribution in [0.15, 0.2) is 42.5 Å². The predicted molar refractivity (Wildman–Crippen MR) is 81.9 cm³/mol. The number of nitrogens with one attached hydrogen (secondary N) is 1. The molecule has 0 aliphatic carbocycles. The van der Waals surface area contributed by atoms with E-state index >= 15 is 0 Å². The van der Waals surface area contributed by atoms with Gasteiger partial charge in [-0.25, -0.2) is 8.78 Å². The fourth-order valence-corrected chi connectivity index (χ4v) is 2.74. The number of anilines is 2. The maximum Gasteiger partial charge on any atom is 0.246 e. The van der Waals surface area contributed by atoms with E-state index in [2.05, 4.69) is 5.32 Å². The van der Waals surface area contributed by atoms with Crippen molar-refractivity contribution in [2.45, 2.75) is 19.4 Å². The monoisotopic (exact) mass is 302 g/mol. The summed E-state index contributed by atoms with van der Waals surface area (Å²) in [4.78, 5) is 14.3. The Bertz CT molecular complexity index is 718. The van der Waals surface area contributed by atoms with Crippen LogP contribution in [-0.4, -0.2) is 18.5 Å². The molecule has 0 fully saturated rings. The van der Waals surface area contributed by atoms with E-state index in [0.29, 0.717) is 0 Å². The summed E-state index contributed by atoms with van der Waals surface area (Å²) in [6.45, 7) is 2.49. The molecule has 5 heteroatoms. The second kappa shape index (κ2) is 5.75. The van der Waals surface area contributed by atoms with Gasteiger partial charge in [-0.2, -0.15) is 0 Å². The third-order valence-electron chi connectivity index (χ3n) is 3.96. The van der Waals surface area contributed by atoms with Crippen molar-refractivity contribution in [1.82, 2.24) is 0 Å². The van der Waals surface area contributed by atoms with Gasteiger partial charge in [0.05, 0.1) is 5.69 Å². The van der Waals surface area contributed by atoms with Gasteiger partial charge >= 0.3 is 0 Å². The second-order valence-electron chi connectivity index (χ2n) is 5.36. The summed E-state index contributed by atoms with van der Waals surface area (Å²) < 4.78 is 26.8. The van der Waals surface area contributed by atoms with Crippen molar-refractivity contribution in [3.8, 4) is 0 Å². The van der Waals surface area contributed by atoms with Gasteiger partial charge in [-0.05, 0) is 37.1 Å². The van der Waals surface area contributed by atoms with Gasteiger partial charge in [0.15, 0.2) is 0 Å². The van der Waals surface area contributed by atoms with E-state index < -0.39 is 17.7 Å². The molecule has 1 atom stereocenters. The number of benzene rings is 2. The maximum atomic E-state index is 13.6. The molecule has 3 nitrogen and oxygen atoms in total.